The lowest BCUT2D eigenvalue weighted by atomic mass is 9.82. The molecule has 0 unspecified atom stereocenters. The van der Waals surface area contributed by atoms with Crippen LogP contribution >= 0.6 is 0 Å². The van der Waals surface area contributed by atoms with E-state index in [2.05, 4.69) is 5.32 Å². The Morgan fingerprint density at radius 1 is 1.24 bits per heavy atom. The van der Waals surface area contributed by atoms with Crippen molar-refractivity contribution in [1.29, 1.82) is 0 Å². The number of hydrogen-bond acceptors (Lipinski definition) is 4. The number of aliphatic carboxylic acids is 1. The van der Waals surface area contributed by atoms with Crippen LogP contribution in [0.25, 0.3) is 0 Å². The first-order valence-electron chi connectivity index (χ1n) is 6.61. The lowest BCUT2D eigenvalue weighted by Crippen LogP contribution is -2.39. The monoisotopic (exact) mass is 289 g/mol. The molecule has 21 heavy (non-hydrogen) atoms. The van der Waals surface area contributed by atoms with E-state index in [1.54, 1.807) is 36.4 Å². The number of carboxylic acids is 1. The second-order valence-corrected chi connectivity index (χ2v) is 5.06. The van der Waals surface area contributed by atoms with Crippen molar-refractivity contribution in [1.82, 2.24) is 0 Å². The van der Waals surface area contributed by atoms with Crippen molar-refractivity contribution in [3.05, 3.63) is 36.4 Å². The normalized spacial score (nSPS) is 29.4. The second-order valence-electron chi connectivity index (χ2n) is 5.06. The fourth-order valence-corrected chi connectivity index (χ4v) is 2.84. The van der Waals surface area contributed by atoms with E-state index in [9.17, 15) is 14.7 Å². The van der Waals surface area contributed by atoms with Gasteiger partial charge in [0.2, 0.25) is 5.91 Å². The number of nitrogens with one attached hydrogen (secondary N) is 1. The highest BCUT2D eigenvalue weighted by atomic mass is 16.5. The molecule has 0 spiro atoms. The minimum Gasteiger partial charge on any atom is -0.497 e. The molecule has 1 saturated heterocycles. The van der Waals surface area contributed by atoms with Crippen molar-refractivity contribution < 1.29 is 24.2 Å². The maximum atomic E-state index is 12.4. The standard InChI is InChI=1S/C15H15NO5/c1-20-9-4-2-3-8(7-9)16-14(17)12-10-5-6-11(21-10)13(12)15(18)19/h2-7,10-13H,1H3,(H,16,17)(H,18,19)/t10-,11-,12+,13-/m1/s1. The van der Waals surface area contributed by atoms with Crippen molar-refractivity contribution in [3.8, 4) is 5.75 Å². The van der Waals surface area contributed by atoms with Gasteiger partial charge in [0.05, 0.1) is 25.2 Å². The minimum atomic E-state index is -1.02. The van der Waals surface area contributed by atoms with E-state index in [0.717, 1.165) is 0 Å². The smallest absolute Gasteiger partial charge is 0.310 e. The third-order valence-corrected chi connectivity index (χ3v) is 3.82. The zero-order valence-electron chi connectivity index (χ0n) is 11.4. The summed E-state index contributed by atoms with van der Waals surface area (Å²) in [6.07, 6.45) is 2.47. The summed E-state index contributed by atoms with van der Waals surface area (Å²) in [5.41, 5.74) is 0.565. The Morgan fingerprint density at radius 3 is 2.62 bits per heavy atom. The summed E-state index contributed by atoms with van der Waals surface area (Å²) in [6, 6.07) is 6.91. The highest BCUT2D eigenvalue weighted by molar-refractivity contribution is 5.96. The highest BCUT2D eigenvalue weighted by Gasteiger charge is 2.53. The molecule has 2 N–H and O–H groups in total. The lowest BCUT2D eigenvalue weighted by Gasteiger charge is -2.21. The molecule has 1 aromatic carbocycles. The van der Waals surface area contributed by atoms with Gasteiger partial charge in [-0.05, 0) is 12.1 Å². The first kappa shape index (κ1) is 13.6. The van der Waals surface area contributed by atoms with E-state index in [1.807, 2.05) is 0 Å². The van der Waals surface area contributed by atoms with Gasteiger partial charge in [0, 0.05) is 11.8 Å². The number of ether oxygens (including phenoxy) is 2. The number of fused-ring (bicyclic) bond motifs is 2. The van der Waals surface area contributed by atoms with E-state index in [0.29, 0.717) is 11.4 Å². The average molecular weight is 289 g/mol. The Labute approximate surface area is 121 Å². The van der Waals surface area contributed by atoms with Crippen molar-refractivity contribution in [2.75, 3.05) is 12.4 Å². The van der Waals surface area contributed by atoms with Crippen LogP contribution in [0.2, 0.25) is 0 Å². The van der Waals surface area contributed by atoms with E-state index < -0.39 is 30.0 Å². The Kier molecular flexibility index (Phi) is 3.39. The molecule has 2 aliphatic heterocycles. The molecule has 1 amide bonds. The number of methoxy groups -OCH3 is 1. The van der Waals surface area contributed by atoms with Crippen LogP contribution in [0.5, 0.6) is 5.75 Å². The Morgan fingerprint density at radius 2 is 1.95 bits per heavy atom. The van der Waals surface area contributed by atoms with Gasteiger partial charge < -0.3 is 19.9 Å². The number of benzene rings is 1. The molecule has 0 aromatic heterocycles. The number of carbonyl (C=O) groups is 2. The molecule has 6 heteroatoms. The van der Waals surface area contributed by atoms with Crippen LogP contribution in [0.1, 0.15) is 0 Å². The molecule has 1 aromatic rings. The summed E-state index contributed by atoms with van der Waals surface area (Å²) in [5, 5.41) is 12.0. The molecule has 2 heterocycles. The Bertz CT molecular complexity index is 612. The van der Waals surface area contributed by atoms with Crippen molar-refractivity contribution in [2.24, 2.45) is 11.8 Å². The fourth-order valence-electron chi connectivity index (χ4n) is 2.84. The van der Waals surface area contributed by atoms with Crippen LogP contribution in [-0.4, -0.2) is 36.3 Å². The van der Waals surface area contributed by atoms with Gasteiger partial charge >= 0.3 is 5.97 Å². The maximum Gasteiger partial charge on any atom is 0.310 e. The SMILES string of the molecule is COc1cccc(NC(=O)[C@@H]2[C@H](C(=O)O)[C@H]3C=C[C@H]2O3)c1. The van der Waals surface area contributed by atoms with Crippen LogP contribution in [-0.2, 0) is 14.3 Å². The predicted octanol–water partition coefficient (Wildman–Crippen LogP) is 1.29. The largest absolute Gasteiger partial charge is 0.497 e. The highest BCUT2D eigenvalue weighted by Crippen LogP contribution is 2.39. The topological polar surface area (TPSA) is 84.9 Å². The number of amides is 1. The second kappa shape index (κ2) is 5.21. The summed E-state index contributed by atoms with van der Waals surface area (Å²) >= 11 is 0. The zero-order chi connectivity index (χ0) is 15.0. The summed E-state index contributed by atoms with van der Waals surface area (Å²) in [5.74, 6) is -2.31. The first-order valence-corrected chi connectivity index (χ1v) is 6.61. The quantitative estimate of drug-likeness (QED) is 0.816. The number of hydrogen-bond donors (Lipinski definition) is 2. The number of anilines is 1. The van der Waals surface area contributed by atoms with E-state index in [-0.39, 0.29) is 5.91 Å². The average Bonchev–Trinajstić information content (AvgIpc) is 3.07. The van der Waals surface area contributed by atoms with Gasteiger partial charge in [0.1, 0.15) is 11.7 Å². The molecule has 4 atom stereocenters. The van der Waals surface area contributed by atoms with Gasteiger partial charge in [-0.2, -0.15) is 0 Å². The zero-order valence-corrected chi connectivity index (χ0v) is 11.4. The van der Waals surface area contributed by atoms with Crippen molar-refractivity contribution >= 4 is 17.6 Å². The predicted molar refractivity (Wildman–Crippen MR) is 74.0 cm³/mol. The minimum absolute atomic E-state index is 0.354. The summed E-state index contributed by atoms with van der Waals surface area (Å²) in [7, 11) is 1.54. The molecular weight excluding hydrogens is 274 g/mol. The lowest BCUT2D eigenvalue weighted by molar-refractivity contribution is -0.145. The molecule has 6 nitrogen and oxygen atoms in total. The van der Waals surface area contributed by atoms with Crippen LogP contribution in [0, 0.1) is 11.8 Å². The molecule has 3 rings (SSSR count). The maximum absolute atomic E-state index is 12.4. The third kappa shape index (κ3) is 2.38. The summed E-state index contributed by atoms with van der Waals surface area (Å²) in [6.45, 7) is 0. The van der Waals surface area contributed by atoms with Crippen LogP contribution in [0.3, 0.4) is 0 Å². The van der Waals surface area contributed by atoms with Crippen LogP contribution in [0.4, 0.5) is 5.69 Å². The van der Waals surface area contributed by atoms with Crippen molar-refractivity contribution in [2.45, 2.75) is 12.2 Å². The molecule has 0 saturated carbocycles. The van der Waals surface area contributed by atoms with E-state index >= 15 is 0 Å². The molecule has 0 radical (unpaired) electrons. The van der Waals surface area contributed by atoms with E-state index in [1.165, 1.54) is 7.11 Å². The number of carbonyl (C=O) groups excluding carboxylic acids is 1. The molecule has 2 bridgehead atoms. The molecule has 0 aliphatic carbocycles. The van der Waals surface area contributed by atoms with Gasteiger partial charge in [0.15, 0.2) is 0 Å². The fraction of sp³-hybridized carbons (Fsp3) is 0.333. The van der Waals surface area contributed by atoms with Crippen LogP contribution < -0.4 is 10.1 Å². The molecular formula is C15H15NO5. The Balaban J connectivity index is 1.78. The van der Waals surface area contributed by atoms with Gasteiger partial charge in [-0.15, -0.1) is 0 Å². The third-order valence-electron chi connectivity index (χ3n) is 3.82. The van der Waals surface area contributed by atoms with Gasteiger partial charge in [-0.1, -0.05) is 18.2 Å². The van der Waals surface area contributed by atoms with Crippen molar-refractivity contribution in [3.63, 3.8) is 0 Å². The number of carboxylic acid groups (broad SMARTS) is 1. The Hall–Kier alpha value is -2.34. The van der Waals surface area contributed by atoms with E-state index in [4.69, 9.17) is 9.47 Å². The summed E-state index contributed by atoms with van der Waals surface area (Å²) in [4.78, 5) is 23.7. The molecule has 2 aliphatic rings. The van der Waals surface area contributed by atoms with Crippen LogP contribution in [0.15, 0.2) is 36.4 Å². The first-order chi connectivity index (χ1) is 10.1. The molecule has 110 valence electrons. The van der Waals surface area contributed by atoms with Gasteiger partial charge in [-0.25, -0.2) is 0 Å². The van der Waals surface area contributed by atoms with Gasteiger partial charge in [0.25, 0.3) is 0 Å². The summed E-state index contributed by atoms with van der Waals surface area (Å²) < 4.78 is 10.6. The number of rotatable bonds is 4. The molecule has 1 fully saturated rings. The van der Waals surface area contributed by atoms with Gasteiger partial charge in [-0.3, -0.25) is 9.59 Å².